The van der Waals surface area contributed by atoms with Gasteiger partial charge >= 0.3 is 0 Å². The molecule has 0 atom stereocenters. The Morgan fingerprint density at radius 3 is 1.19 bits per heavy atom. The minimum Gasteiger partial charge on any atom is -0.493 e. The van der Waals surface area contributed by atoms with E-state index in [0.717, 1.165) is 117 Å². The summed E-state index contributed by atoms with van der Waals surface area (Å²) in [7, 11) is 0. The number of furan rings is 2. The van der Waals surface area contributed by atoms with Crippen LogP contribution < -0.4 is 20.3 Å². The molecule has 0 aliphatic carbocycles. The van der Waals surface area contributed by atoms with Crippen LogP contribution in [0.15, 0.2) is 447 Å². The average Bonchev–Trinajstić information content (AvgIpc) is 1.66. The molecule has 133 heavy (non-hydrogen) atoms. The predicted octanol–water partition coefficient (Wildman–Crippen LogP) is 25.4. The van der Waals surface area contributed by atoms with Gasteiger partial charge in [0.1, 0.15) is 11.5 Å². The van der Waals surface area contributed by atoms with Gasteiger partial charge in [-0.2, -0.15) is 0 Å². The fraction of sp³-hybridized carbons (Fsp3) is 0.0642. The molecule has 5 aliphatic heterocycles. The van der Waals surface area contributed by atoms with Crippen LogP contribution in [0.25, 0.3) is 36.5 Å². The summed E-state index contributed by atoms with van der Waals surface area (Å²) in [4.78, 5) is 90.7. The molecule has 24 heteroatoms. The molecule has 18 nitrogen and oxygen atoms in total. The molecule has 0 bridgehead atoms. The van der Waals surface area contributed by atoms with E-state index in [9.17, 15) is 24.3 Å². The third-order valence-electron chi connectivity index (χ3n) is 20.3. The minimum atomic E-state index is -0.0964. The lowest BCUT2D eigenvalue weighted by Crippen LogP contribution is -2.30. The number of anilines is 1. The van der Waals surface area contributed by atoms with Gasteiger partial charge in [0.05, 0.1) is 96.1 Å². The molecule has 20 rings (SSSR count). The number of amides is 4. The van der Waals surface area contributed by atoms with E-state index in [0.29, 0.717) is 66.2 Å². The molecule has 12 aromatic carbocycles. The number of hydrogen-bond acceptors (Lipinski definition) is 18. The van der Waals surface area contributed by atoms with Gasteiger partial charge in [0, 0.05) is 23.3 Å². The van der Waals surface area contributed by atoms with Crippen molar-refractivity contribution in [3.05, 3.63) is 479 Å². The van der Waals surface area contributed by atoms with Gasteiger partial charge in [0.2, 0.25) is 5.88 Å². The van der Waals surface area contributed by atoms with Crippen molar-refractivity contribution >= 4 is 185 Å². The summed E-state index contributed by atoms with van der Waals surface area (Å²) in [6.07, 6.45) is 18.7. The average molecular weight is 1860 g/mol. The monoisotopic (exact) mass is 1860 g/mol. The van der Waals surface area contributed by atoms with Crippen molar-refractivity contribution in [1.29, 1.82) is 0 Å². The standard InChI is InChI=1S/C23H17N3O2S.C23H18N2OS.C22H15ClN2OS.C21H16N2O2S.C20H20N2OS/c27-22-21(14-16-8-9-20-17(13-16)10-11-24-20)29-23(25-18-5-2-1-3-6-18)26(22)15-19-7-4-12-28-19;26-22-21(16-18-10-4-1-5-11-18)27-23(24-20-14-8-3-9-15-20)25(22)17-19-12-6-2-7-13-19;23-17-11-13-19(14-12-17)25-21(26)20(15-16-7-3-1-4-8-16)27-22(25)24-18-9-5-2-6-10-18;24-20-19(14-16-8-3-1-4-9-16)26-21(22-17-10-5-2-6-11-17)23(20)15-18-12-7-13-25-18;1-2-3-14-22-19(23)18(15-16-10-6-4-7-11-16)24-20(22)21-17-12-8-5-9-13-17/h1-14,27H,15H2;1-16H,17H2;1-15H;1-14H,15H2;4-13,15H,2-3,14H2,1H3/b;21-16-,24-23?;20-15-,24-22?;19-14-,22-21?;18-15-,21-20?. The van der Waals surface area contributed by atoms with E-state index in [-0.39, 0.29) is 29.5 Å². The number of para-hydroxylation sites is 5. The molecule has 0 radical (unpaired) electrons. The first-order valence-electron chi connectivity index (χ1n) is 42.7. The van der Waals surface area contributed by atoms with E-state index >= 15 is 0 Å². The molecule has 5 aliphatic rings. The van der Waals surface area contributed by atoms with Gasteiger partial charge < -0.3 is 13.9 Å². The SMILES string of the molecule is CCCCN1C(=O)/C(=C/c2ccccc2)SC1=Nc1ccccc1.O=C1/C(=C/c2ccccc2)SC(=Nc2ccccc2)N1Cc1ccccc1.O=C1/C(=C/c2ccccc2)SC(=Nc2ccccc2)N1Cc1ccco1.O=C1/C(=C/c2ccccc2)SC(=Nc2ccccc2)N1c1ccc(Cl)cc1.Oc1c(C=c2ccc3c(c2)C=CN=3)sc(=Nc2ccccc2)n1Cc1ccco1. The first-order chi connectivity index (χ1) is 65.3. The van der Waals surface area contributed by atoms with Crippen LogP contribution in [-0.2, 0) is 38.8 Å². The number of thioether (sulfide) groups is 4. The topological polar surface area (TPSA) is 207 Å². The fourth-order valence-corrected chi connectivity index (χ4v) is 18.8. The number of fused-ring (bicyclic) bond motifs is 1. The number of hydrogen-bond donors (Lipinski definition) is 1. The number of benzene rings is 12. The lowest BCUT2D eigenvalue weighted by Gasteiger charge is -2.15. The van der Waals surface area contributed by atoms with Crippen LogP contribution in [0.4, 0.5) is 34.1 Å². The molecule has 656 valence electrons. The molecule has 0 unspecified atom stereocenters. The number of halogens is 1. The van der Waals surface area contributed by atoms with Crippen LogP contribution in [0.3, 0.4) is 0 Å². The third-order valence-corrected chi connectivity index (χ3v) is 25.5. The van der Waals surface area contributed by atoms with Crippen LogP contribution in [0.5, 0.6) is 5.88 Å². The smallest absolute Gasteiger partial charge is 0.271 e. The number of amidine groups is 4. The van der Waals surface area contributed by atoms with Crippen molar-refractivity contribution in [2.24, 2.45) is 30.0 Å². The molecule has 0 saturated carbocycles. The van der Waals surface area contributed by atoms with Gasteiger partial charge in [-0.1, -0.05) is 285 Å². The molecule has 3 aromatic heterocycles. The fourth-order valence-electron chi connectivity index (χ4n) is 13.7. The van der Waals surface area contributed by atoms with Gasteiger partial charge in [-0.25, -0.2) is 25.0 Å². The zero-order chi connectivity index (χ0) is 91.3. The molecular weight excluding hydrogens is 1770 g/mol. The second-order valence-corrected chi connectivity index (χ2v) is 35.4. The van der Waals surface area contributed by atoms with Crippen molar-refractivity contribution < 1.29 is 33.1 Å². The first kappa shape index (κ1) is 91.4. The Balaban J connectivity index is 0.000000121. The number of thiazole rings is 1. The maximum Gasteiger partial charge on any atom is 0.271 e. The highest BCUT2D eigenvalue weighted by Gasteiger charge is 2.38. The van der Waals surface area contributed by atoms with Crippen molar-refractivity contribution in [2.45, 2.75) is 39.4 Å². The Morgan fingerprint density at radius 1 is 0.383 bits per heavy atom. The van der Waals surface area contributed by atoms with E-state index < -0.39 is 0 Å². The van der Waals surface area contributed by atoms with Crippen LogP contribution >= 0.6 is 70.0 Å². The minimum absolute atomic E-state index is 0.0117. The number of nitrogens with zero attached hydrogens (tertiary/aromatic N) is 11. The van der Waals surface area contributed by atoms with Gasteiger partial charge in [-0.15, -0.1) is 0 Å². The van der Waals surface area contributed by atoms with Crippen LogP contribution in [0.1, 0.15) is 69.5 Å². The van der Waals surface area contributed by atoms with Crippen LogP contribution in [-0.4, -0.2) is 75.2 Å². The molecule has 4 fully saturated rings. The van der Waals surface area contributed by atoms with Gasteiger partial charge in [-0.3, -0.25) is 48.3 Å². The number of aromatic nitrogens is 1. The van der Waals surface area contributed by atoms with Crippen molar-refractivity contribution in [1.82, 2.24) is 19.3 Å². The Labute approximate surface area is 796 Å². The molecule has 4 amide bonds. The summed E-state index contributed by atoms with van der Waals surface area (Å²) >= 11 is 13.1. The number of unbranched alkanes of at least 4 members (excludes halogenated alkanes) is 1. The molecule has 8 heterocycles. The summed E-state index contributed by atoms with van der Waals surface area (Å²) in [5, 5.41) is 16.3. The van der Waals surface area contributed by atoms with Gasteiger partial charge in [0.15, 0.2) is 25.5 Å². The summed E-state index contributed by atoms with van der Waals surface area (Å²) in [5.41, 5.74) is 11.1. The molecule has 1 N–H and O–H groups in total. The second kappa shape index (κ2) is 46.0. The van der Waals surface area contributed by atoms with E-state index in [4.69, 9.17) is 35.4 Å². The highest BCUT2D eigenvalue weighted by atomic mass is 35.5. The molecule has 15 aromatic rings. The summed E-state index contributed by atoms with van der Waals surface area (Å²) in [6, 6.07) is 119. The quantitative estimate of drug-likeness (QED) is 0.0710. The lowest BCUT2D eigenvalue weighted by molar-refractivity contribution is -0.123. The largest absolute Gasteiger partial charge is 0.493 e. The van der Waals surface area contributed by atoms with E-state index in [1.165, 1.54) is 58.4 Å². The predicted molar refractivity (Wildman–Crippen MR) is 547 cm³/mol. The van der Waals surface area contributed by atoms with Crippen LogP contribution in [0.2, 0.25) is 5.02 Å². The van der Waals surface area contributed by atoms with Crippen molar-refractivity contribution in [3.8, 4) is 5.88 Å². The number of aromatic hydroxyl groups is 1. The first-order valence-corrected chi connectivity index (χ1v) is 47.2. The van der Waals surface area contributed by atoms with Crippen LogP contribution in [0, 0.1) is 0 Å². The van der Waals surface area contributed by atoms with E-state index in [1.54, 1.807) is 55.0 Å². The third kappa shape index (κ3) is 25.2. The Morgan fingerprint density at radius 2 is 0.759 bits per heavy atom. The lowest BCUT2D eigenvalue weighted by atomic mass is 10.2. The number of aliphatic imine (C=N–C) groups is 4. The van der Waals surface area contributed by atoms with E-state index in [2.05, 4.69) is 28.0 Å². The summed E-state index contributed by atoms with van der Waals surface area (Å²) in [5.74, 6) is 1.52. The van der Waals surface area contributed by atoms with Crippen molar-refractivity contribution in [2.75, 3.05) is 11.4 Å². The summed E-state index contributed by atoms with van der Waals surface area (Å²) in [6.45, 7) is 4.10. The zero-order valence-corrected chi connectivity index (χ0v) is 76.7. The highest BCUT2D eigenvalue weighted by molar-refractivity contribution is 8.19. The number of carbonyl (C=O) groups excluding carboxylic acids is 4. The number of carbonyl (C=O) groups is 4. The molecule has 4 saturated heterocycles. The number of rotatable bonds is 20. The maximum absolute atomic E-state index is 13.1. The summed E-state index contributed by atoms with van der Waals surface area (Å²) < 4.78 is 12.7. The second-order valence-electron chi connectivity index (χ2n) is 29.9. The zero-order valence-electron chi connectivity index (χ0n) is 71.9. The van der Waals surface area contributed by atoms with E-state index in [1.807, 2.05) is 388 Å². The van der Waals surface area contributed by atoms with Gasteiger partial charge in [-0.05, 0) is 244 Å². The Hall–Kier alpha value is -15.0. The maximum atomic E-state index is 13.1. The molecule has 0 spiro atoms. The normalized spacial score (nSPS) is 16.5. The molecular formula is C109H86ClN11O7S5. The van der Waals surface area contributed by atoms with Crippen molar-refractivity contribution in [3.63, 3.8) is 0 Å². The Bertz CT molecular complexity index is 7040. The Kier molecular flexibility index (Phi) is 31.6. The van der Waals surface area contributed by atoms with Gasteiger partial charge in [0.25, 0.3) is 23.6 Å². The highest BCUT2D eigenvalue weighted by Crippen LogP contribution is 2.41.